The third-order valence-electron chi connectivity index (χ3n) is 4.52. The molecule has 8 heteroatoms. The maximum atomic E-state index is 12.8. The molecule has 1 N–H and O–H groups in total. The first-order chi connectivity index (χ1) is 15.1. The molecule has 0 saturated heterocycles. The molecule has 156 valence electrons. The quantitative estimate of drug-likeness (QED) is 0.470. The molecule has 31 heavy (non-hydrogen) atoms. The van der Waals surface area contributed by atoms with Crippen molar-refractivity contribution in [2.75, 3.05) is 5.32 Å². The Morgan fingerprint density at radius 2 is 1.90 bits per heavy atom. The monoisotopic (exact) mass is 420 g/mol. The Bertz CT molecular complexity index is 1150. The second-order valence-electron chi connectivity index (χ2n) is 6.67. The van der Waals surface area contributed by atoms with Crippen LogP contribution in [0, 0.1) is 0 Å². The third-order valence-corrected chi connectivity index (χ3v) is 4.52. The maximum Gasteiger partial charge on any atom is 0.387 e. The summed E-state index contributed by atoms with van der Waals surface area (Å²) in [7, 11) is 0. The Kier molecular flexibility index (Phi) is 5.98. The fraction of sp³-hybridized carbons (Fsp3) is 0.0870. The van der Waals surface area contributed by atoms with Gasteiger partial charge in [-0.05, 0) is 42.0 Å². The average molecular weight is 420 g/mol. The van der Waals surface area contributed by atoms with Crippen LogP contribution in [-0.2, 0) is 6.42 Å². The molecule has 4 aromatic rings. The first kappa shape index (κ1) is 20.2. The highest BCUT2D eigenvalue weighted by Crippen LogP contribution is 2.27. The summed E-state index contributed by atoms with van der Waals surface area (Å²) in [6.45, 7) is -2.94. The van der Waals surface area contributed by atoms with Gasteiger partial charge in [-0.15, -0.1) is 0 Å². The number of carbonyl (C=O) groups excluding carboxylic acids is 1. The van der Waals surface area contributed by atoms with Crippen molar-refractivity contribution >= 4 is 11.6 Å². The summed E-state index contributed by atoms with van der Waals surface area (Å²) in [4.78, 5) is 16.9. The topological polar surface area (TPSA) is 69.0 Å². The summed E-state index contributed by atoms with van der Waals surface area (Å²) < 4.78 is 31.8. The van der Waals surface area contributed by atoms with Gasteiger partial charge in [0, 0.05) is 36.3 Å². The molecule has 0 radical (unpaired) electrons. The lowest BCUT2D eigenvalue weighted by atomic mass is 10.0. The Hall–Kier alpha value is -4.07. The van der Waals surface area contributed by atoms with E-state index in [0.29, 0.717) is 29.1 Å². The number of pyridine rings is 1. The molecule has 2 heterocycles. The lowest BCUT2D eigenvalue weighted by Crippen LogP contribution is -2.13. The van der Waals surface area contributed by atoms with Crippen LogP contribution < -0.4 is 10.1 Å². The van der Waals surface area contributed by atoms with Gasteiger partial charge in [-0.2, -0.15) is 13.9 Å². The second kappa shape index (κ2) is 9.17. The number of anilines is 1. The van der Waals surface area contributed by atoms with Crippen molar-refractivity contribution in [2.45, 2.75) is 13.0 Å². The van der Waals surface area contributed by atoms with E-state index in [2.05, 4.69) is 20.1 Å². The molecule has 0 aliphatic rings. The van der Waals surface area contributed by atoms with E-state index in [1.807, 2.05) is 30.3 Å². The largest absolute Gasteiger partial charge is 0.435 e. The van der Waals surface area contributed by atoms with Crippen LogP contribution in [0.4, 0.5) is 14.5 Å². The zero-order valence-electron chi connectivity index (χ0n) is 16.3. The minimum Gasteiger partial charge on any atom is -0.435 e. The van der Waals surface area contributed by atoms with E-state index in [9.17, 15) is 13.6 Å². The zero-order valence-corrected chi connectivity index (χ0v) is 16.3. The normalized spacial score (nSPS) is 10.8. The second-order valence-corrected chi connectivity index (χ2v) is 6.67. The lowest BCUT2D eigenvalue weighted by molar-refractivity contribution is -0.0503. The van der Waals surface area contributed by atoms with Crippen LogP contribution in [0.2, 0.25) is 0 Å². The first-order valence-corrected chi connectivity index (χ1v) is 9.47. The van der Waals surface area contributed by atoms with E-state index >= 15 is 0 Å². The first-order valence-electron chi connectivity index (χ1n) is 9.47. The van der Waals surface area contributed by atoms with Crippen molar-refractivity contribution in [3.05, 3.63) is 102 Å². The molecule has 0 aliphatic carbocycles. The number of halogens is 2. The van der Waals surface area contributed by atoms with Gasteiger partial charge in [-0.1, -0.05) is 30.3 Å². The summed E-state index contributed by atoms with van der Waals surface area (Å²) in [6, 6.07) is 19.1. The summed E-state index contributed by atoms with van der Waals surface area (Å²) in [5.74, 6) is 0.287. The zero-order chi connectivity index (χ0) is 21.6. The van der Waals surface area contributed by atoms with Gasteiger partial charge in [0.05, 0.1) is 5.56 Å². The Labute approximate surface area is 177 Å². The molecule has 0 spiro atoms. The maximum absolute atomic E-state index is 12.8. The van der Waals surface area contributed by atoms with Crippen molar-refractivity contribution in [1.29, 1.82) is 0 Å². The van der Waals surface area contributed by atoms with E-state index in [0.717, 1.165) is 5.56 Å². The molecule has 0 bridgehead atoms. The molecule has 4 rings (SSSR count). The molecule has 1 amide bonds. The van der Waals surface area contributed by atoms with Crippen LogP contribution in [0.1, 0.15) is 21.5 Å². The highest BCUT2D eigenvalue weighted by atomic mass is 19.3. The van der Waals surface area contributed by atoms with Crippen molar-refractivity contribution in [2.24, 2.45) is 0 Å². The van der Waals surface area contributed by atoms with Gasteiger partial charge < -0.3 is 10.1 Å². The minimum absolute atomic E-state index is 0.0714. The SMILES string of the molecule is O=C(Nc1ccc(OC(F)F)c(Cc2ccccc2)c1)c1ccc(-n2cccn2)nc1. The number of carbonyl (C=O) groups is 1. The highest BCUT2D eigenvalue weighted by molar-refractivity contribution is 6.04. The minimum atomic E-state index is -2.94. The van der Waals surface area contributed by atoms with Crippen LogP contribution in [-0.4, -0.2) is 27.3 Å². The molecule has 0 atom stereocenters. The fourth-order valence-corrected chi connectivity index (χ4v) is 3.09. The third kappa shape index (κ3) is 5.11. The molecule has 6 nitrogen and oxygen atoms in total. The Balaban J connectivity index is 1.53. The van der Waals surface area contributed by atoms with Crippen LogP contribution >= 0.6 is 0 Å². The van der Waals surface area contributed by atoms with Gasteiger partial charge in [-0.3, -0.25) is 4.79 Å². The fourth-order valence-electron chi connectivity index (χ4n) is 3.09. The van der Waals surface area contributed by atoms with Crippen molar-refractivity contribution in [3.63, 3.8) is 0 Å². The average Bonchev–Trinajstić information content (AvgIpc) is 3.31. The van der Waals surface area contributed by atoms with E-state index in [1.54, 1.807) is 41.3 Å². The predicted molar refractivity (Wildman–Crippen MR) is 112 cm³/mol. The number of benzene rings is 2. The number of nitrogens with one attached hydrogen (secondary N) is 1. The lowest BCUT2D eigenvalue weighted by Gasteiger charge is -2.13. The summed E-state index contributed by atoms with van der Waals surface area (Å²) in [5, 5.41) is 6.86. The van der Waals surface area contributed by atoms with Crippen LogP contribution in [0.3, 0.4) is 0 Å². The predicted octanol–water partition coefficient (Wildman–Crippen LogP) is 4.71. The Morgan fingerprint density at radius 3 is 2.58 bits per heavy atom. The number of hydrogen-bond acceptors (Lipinski definition) is 4. The van der Waals surface area contributed by atoms with E-state index in [4.69, 9.17) is 0 Å². The number of hydrogen-bond donors (Lipinski definition) is 1. The molecule has 0 unspecified atom stereocenters. The number of amides is 1. The van der Waals surface area contributed by atoms with Crippen LogP contribution in [0.15, 0.2) is 85.3 Å². The standard InChI is InChI=1S/C23H18F2N4O2/c24-23(25)31-20-9-8-19(14-18(20)13-16-5-2-1-3-6-16)28-22(30)17-7-10-21(26-15-17)29-12-4-11-27-29/h1-12,14-15,23H,13H2,(H,28,30). The summed E-state index contributed by atoms with van der Waals surface area (Å²) in [5.41, 5.74) is 2.29. The summed E-state index contributed by atoms with van der Waals surface area (Å²) in [6.07, 6.45) is 5.22. The molecule has 2 aromatic carbocycles. The number of rotatable bonds is 7. The number of ether oxygens (including phenoxy) is 1. The summed E-state index contributed by atoms with van der Waals surface area (Å²) >= 11 is 0. The number of aromatic nitrogens is 3. The molecule has 0 saturated carbocycles. The van der Waals surface area contributed by atoms with Gasteiger partial charge in [0.1, 0.15) is 5.75 Å². The van der Waals surface area contributed by atoms with E-state index < -0.39 is 6.61 Å². The van der Waals surface area contributed by atoms with Crippen LogP contribution in [0.25, 0.3) is 5.82 Å². The van der Waals surface area contributed by atoms with Crippen LogP contribution in [0.5, 0.6) is 5.75 Å². The van der Waals surface area contributed by atoms with E-state index in [-0.39, 0.29) is 11.7 Å². The molecule has 0 fully saturated rings. The van der Waals surface area contributed by atoms with Gasteiger partial charge in [0.15, 0.2) is 5.82 Å². The van der Waals surface area contributed by atoms with Crippen molar-refractivity contribution in [3.8, 4) is 11.6 Å². The number of alkyl halides is 2. The molecule has 2 aromatic heterocycles. The Morgan fingerprint density at radius 1 is 1.06 bits per heavy atom. The smallest absolute Gasteiger partial charge is 0.387 e. The molecule has 0 aliphatic heterocycles. The van der Waals surface area contributed by atoms with Crippen molar-refractivity contribution < 1.29 is 18.3 Å². The van der Waals surface area contributed by atoms with Gasteiger partial charge in [0.2, 0.25) is 0 Å². The van der Waals surface area contributed by atoms with Gasteiger partial charge in [0.25, 0.3) is 5.91 Å². The van der Waals surface area contributed by atoms with E-state index in [1.165, 1.54) is 18.3 Å². The number of nitrogens with zero attached hydrogens (tertiary/aromatic N) is 3. The molecular formula is C23H18F2N4O2. The van der Waals surface area contributed by atoms with Crippen molar-refractivity contribution in [1.82, 2.24) is 14.8 Å². The van der Waals surface area contributed by atoms with Gasteiger partial charge >= 0.3 is 6.61 Å². The highest BCUT2D eigenvalue weighted by Gasteiger charge is 2.13. The van der Waals surface area contributed by atoms with Gasteiger partial charge in [-0.25, -0.2) is 9.67 Å². The molecular weight excluding hydrogens is 402 g/mol.